The van der Waals surface area contributed by atoms with Crippen molar-refractivity contribution >= 4 is 20.6 Å². The van der Waals surface area contributed by atoms with Gasteiger partial charge in [-0.05, 0) is 70.3 Å². The Hall–Kier alpha value is -1.90. The van der Waals surface area contributed by atoms with Gasteiger partial charge in [0.2, 0.25) is 0 Å². The summed E-state index contributed by atoms with van der Waals surface area (Å²) < 4.78 is 11.7. The largest absolute Gasteiger partial charge is 0.444 e. The van der Waals surface area contributed by atoms with Gasteiger partial charge in [-0.2, -0.15) is 0 Å². The molecule has 0 aliphatic rings. The van der Waals surface area contributed by atoms with E-state index in [1.54, 1.807) is 18.2 Å². The van der Waals surface area contributed by atoms with Gasteiger partial charge in [0.05, 0.1) is 6.21 Å². The molecule has 0 unspecified atom stereocenters. The Labute approximate surface area is 214 Å². The zero-order valence-corrected chi connectivity index (χ0v) is 24.5. The molecule has 7 nitrogen and oxygen atoms in total. The highest BCUT2D eigenvalue weighted by molar-refractivity contribution is 6.74. The number of benzene rings is 1. The van der Waals surface area contributed by atoms with E-state index in [0.29, 0.717) is 13.1 Å². The molecule has 1 rings (SSSR count). The van der Waals surface area contributed by atoms with E-state index in [2.05, 4.69) is 44.3 Å². The molecule has 8 heteroatoms. The van der Waals surface area contributed by atoms with Crippen molar-refractivity contribution in [1.29, 1.82) is 0 Å². The van der Waals surface area contributed by atoms with Crippen molar-refractivity contribution in [3.8, 4) is 0 Å². The van der Waals surface area contributed by atoms with E-state index in [1.165, 1.54) is 0 Å². The first-order chi connectivity index (χ1) is 16.2. The number of hydrogen-bond donors (Lipinski definition) is 1. The van der Waals surface area contributed by atoms with E-state index in [0.717, 1.165) is 38.0 Å². The van der Waals surface area contributed by atoms with Crippen LogP contribution in [0.15, 0.2) is 35.5 Å². The highest BCUT2D eigenvalue weighted by atomic mass is 28.4. The molecule has 0 aromatic heterocycles. The van der Waals surface area contributed by atoms with Gasteiger partial charge in [0, 0.05) is 26.7 Å². The second-order valence-electron chi connectivity index (χ2n) is 11.6. The van der Waals surface area contributed by atoms with E-state index < -0.39 is 13.9 Å². The third-order valence-corrected chi connectivity index (χ3v) is 10.7. The Morgan fingerprint density at radius 3 is 2.34 bits per heavy atom. The van der Waals surface area contributed by atoms with E-state index in [-0.39, 0.29) is 17.2 Å². The van der Waals surface area contributed by atoms with E-state index in [1.807, 2.05) is 51.1 Å². The smallest absolute Gasteiger partial charge is 0.410 e. The molecule has 1 amide bonds. The Morgan fingerprint density at radius 1 is 1.09 bits per heavy atom. The zero-order valence-electron chi connectivity index (χ0n) is 23.5. The molecule has 0 spiro atoms. The van der Waals surface area contributed by atoms with Gasteiger partial charge >= 0.3 is 6.09 Å². The molecule has 1 aromatic carbocycles. The molecule has 0 aliphatic carbocycles. The molecule has 35 heavy (non-hydrogen) atoms. The minimum absolute atomic E-state index is 0.00550. The second-order valence-corrected chi connectivity index (χ2v) is 16.4. The number of rotatable bonds is 14. The maximum absolute atomic E-state index is 12.1. The summed E-state index contributed by atoms with van der Waals surface area (Å²) in [6.07, 6.45) is 4.07. The fourth-order valence-corrected chi connectivity index (χ4v) is 3.97. The Kier molecular flexibility index (Phi) is 13.0. The van der Waals surface area contributed by atoms with E-state index in [9.17, 15) is 4.79 Å². The first-order valence-corrected chi connectivity index (χ1v) is 15.6. The number of oxime groups is 1. The number of carbonyl (C=O) groups excluding carboxylic acids is 1. The Balaban J connectivity index is 2.48. The van der Waals surface area contributed by atoms with Crippen molar-refractivity contribution in [3.63, 3.8) is 0 Å². The predicted molar refractivity (Wildman–Crippen MR) is 148 cm³/mol. The van der Waals surface area contributed by atoms with Crippen molar-refractivity contribution in [2.24, 2.45) is 5.16 Å². The highest BCUT2D eigenvalue weighted by Crippen LogP contribution is 2.36. The van der Waals surface area contributed by atoms with Crippen LogP contribution in [0.2, 0.25) is 18.1 Å². The minimum atomic E-state index is -1.74. The third-order valence-electron chi connectivity index (χ3n) is 6.12. The van der Waals surface area contributed by atoms with Gasteiger partial charge in [-0.25, -0.2) is 4.79 Å². The van der Waals surface area contributed by atoms with Gasteiger partial charge in [0.1, 0.15) is 11.7 Å². The van der Waals surface area contributed by atoms with Crippen molar-refractivity contribution in [2.45, 2.75) is 90.6 Å². The van der Waals surface area contributed by atoms with Crippen LogP contribution in [0.1, 0.15) is 66.4 Å². The van der Waals surface area contributed by atoms with Crippen LogP contribution in [0, 0.1) is 0 Å². The fourth-order valence-electron chi connectivity index (χ4n) is 2.89. The first-order valence-electron chi connectivity index (χ1n) is 12.7. The molecule has 0 heterocycles. The topological polar surface area (TPSA) is 72.4 Å². The lowest BCUT2D eigenvalue weighted by atomic mass is 10.1. The van der Waals surface area contributed by atoms with Crippen LogP contribution >= 0.6 is 0 Å². The summed E-state index contributed by atoms with van der Waals surface area (Å²) >= 11 is 0. The number of likely N-dealkylation sites (N-methyl/N-ethyl adjacent to an activating group) is 1. The maximum atomic E-state index is 12.1. The van der Waals surface area contributed by atoms with Gasteiger partial charge < -0.3 is 24.2 Å². The average molecular weight is 508 g/mol. The van der Waals surface area contributed by atoms with Crippen LogP contribution in [0.25, 0.3) is 0 Å². The van der Waals surface area contributed by atoms with Gasteiger partial charge in [0.15, 0.2) is 8.32 Å². The normalized spacial score (nSPS) is 13.6. The number of nitrogens with one attached hydrogen (secondary N) is 1. The summed E-state index contributed by atoms with van der Waals surface area (Å²) in [5.74, 6) is 0. The molecular formula is C27H49N3O4Si. The third kappa shape index (κ3) is 13.7. The number of amides is 1. The van der Waals surface area contributed by atoms with Crippen LogP contribution in [0.5, 0.6) is 0 Å². The molecule has 0 radical (unpaired) electrons. The molecule has 0 saturated carbocycles. The fraction of sp³-hybridized carbons (Fsp3) is 0.704. The number of carbonyl (C=O) groups is 1. The number of ether oxygens (including phenoxy) is 1. The van der Waals surface area contributed by atoms with E-state index in [4.69, 9.17) is 14.0 Å². The summed E-state index contributed by atoms with van der Waals surface area (Å²) in [6, 6.07) is 9.94. The van der Waals surface area contributed by atoms with Crippen LogP contribution in [-0.2, 0) is 14.0 Å². The maximum Gasteiger partial charge on any atom is 0.410 e. The summed E-state index contributed by atoms with van der Waals surface area (Å²) in [6.45, 7) is 19.7. The molecule has 1 atom stereocenters. The Bertz CT molecular complexity index is 758. The van der Waals surface area contributed by atoms with Crippen LogP contribution < -0.4 is 5.32 Å². The van der Waals surface area contributed by atoms with Gasteiger partial charge in [-0.3, -0.25) is 0 Å². The van der Waals surface area contributed by atoms with Crippen molar-refractivity contribution in [3.05, 3.63) is 35.9 Å². The lowest BCUT2D eigenvalue weighted by molar-refractivity contribution is 0.0296. The molecule has 0 fully saturated rings. The lowest BCUT2D eigenvalue weighted by Crippen LogP contribution is -2.41. The minimum Gasteiger partial charge on any atom is -0.444 e. The summed E-state index contributed by atoms with van der Waals surface area (Å²) in [5, 5.41) is 7.85. The van der Waals surface area contributed by atoms with Crippen molar-refractivity contribution in [2.75, 3.05) is 33.3 Å². The molecule has 200 valence electrons. The predicted octanol–water partition coefficient (Wildman–Crippen LogP) is 6.05. The standard InChI is InChI=1S/C27H49N3O4Si/c1-26(2,3)33-25(31)30(7)20-19-28-18-17-24(34-29-22-23-14-11-10-12-15-23)16-13-21-32-35(8,9)27(4,5)6/h10-12,14-15,22,24,28H,13,16-21H2,1-9H3/b29-22+/t24-/m1/s1. The molecule has 0 saturated heterocycles. The summed E-state index contributed by atoms with van der Waals surface area (Å²) in [5.41, 5.74) is 0.522. The highest BCUT2D eigenvalue weighted by Gasteiger charge is 2.36. The molecule has 0 bridgehead atoms. The quantitative estimate of drug-likeness (QED) is 0.144. The molecular weight excluding hydrogens is 458 g/mol. The van der Waals surface area contributed by atoms with Crippen LogP contribution in [0.4, 0.5) is 4.79 Å². The number of hydrogen-bond acceptors (Lipinski definition) is 6. The van der Waals surface area contributed by atoms with Crippen molar-refractivity contribution in [1.82, 2.24) is 10.2 Å². The number of nitrogens with zero attached hydrogens (tertiary/aromatic N) is 2. The first kappa shape index (κ1) is 31.1. The van der Waals surface area contributed by atoms with Crippen molar-refractivity contribution < 1.29 is 18.8 Å². The van der Waals surface area contributed by atoms with Gasteiger partial charge in [-0.15, -0.1) is 0 Å². The van der Waals surface area contributed by atoms with Gasteiger partial charge in [-0.1, -0.05) is 56.3 Å². The molecule has 0 aliphatic heterocycles. The van der Waals surface area contributed by atoms with Crippen LogP contribution in [-0.4, -0.2) is 70.5 Å². The summed E-state index contributed by atoms with van der Waals surface area (Å²) in [4.78, 5) is 19.5. The Morgan fingerprint density at radius 2 is 1.74 bits per heavy atom. The zero-order chi connectivity index (χ0) is 26.5. The lowest BCUT2D eigenvalue weighted by Gasteiger charge is -2.36. The average Bonchev–Trinajstić information content (AvgIpc) is 2.74. The summed E-state index contributed by atoms with van der Waals surface area (Å²) in [7, 11) is 0.00933. The van der Waals surface area contributed by atoms with E-state index >= 15 is 0 Å². The van der Waals surface area contributed by atoms with Gasteiger partial charge in [0.25, 0.3) is 0 Å². The molecule has 1 N–H and O–H groups in total. The SMILES string of the molecule is CN(CCNCC[C@@H](CCCO[Si](C)(C)C(C)(C)C)O/N=C/c1ccccc1)C(=O)OC(C)(C)C. The van der Waals surface area contributed by atoms with Crippen LogP contribution in [0.3, 0.4) is 0 Å². The molecule has 1 aromatic rings. The monoisotopic (exact) mass is 507 g/mol. The second kappa shape index (κ2) is 14.6.